The minimum absolute atomic E-state index is 0.00530. The second-order valence-corrected chi connectivity index (χ2v) is 10.3. The predicted molar refractivity (Wildman–Crippen MR) is 112 cm³/mol. The van der Waals surface area contributed by atoms with Crippen molar-refractivity contribution in [2.24, 2.45) is 21.9 Å². The molecule has 0 fully saturated rings. The van der Waals surface area contributed by atoms with Crippen LogP contribution in [0.15, 0.2) is 58.3 Å². The third-order valence-corrected chi connectivity index (χ3v) is 5.48. The standard InChI is InChI=1S/C10H15NO2S.C9H14N2O2S/c1-8(2)6-9-4-3-5-10(7-9)14(11,12)13;1-7(10)5-8-3-2-4-9(6-8)14(11,12)13/h3-5,7-8H,6H2,1-2H3,(H2,11,12,13);2-4,6-7H,5,10H2,1H3,(H2,11,12,13)/t;7-/m.0/s1. The van der Waals surface area contributed by atoms with Crippen LogP contribution in [-0.2, 0) is 32.9 Å². The van der Waals surface area contributed by atoms with Gasteiger partial charge < -0.3 is 5.73 Å². The first kappa shape index (κ1) is 24.3. The van der Waals surface area contributed by atoms with Crippen LogP contribution >= 0.6 is 0 Å². The van der Waals surface area contributed by atoms with Crippen molar-refractivity contribution in [3.8, 4) is 0 Å². The van der Waals surface area contributed by atoms with Gasteiger partial charge in [-0.1, -0.05) is 38.1 Å². The van der Waals surface area contributed by atoms with Crippen LogP contribution in [0.5, 0.6) is 0 Å². The highest BCUT2D eigenvalue weighted by atomic mass is 32.2. The highest BCUT2D eigenvalue weighted by Crippen LogP contribution is 2.13. The van der Waals surface area contributed by atoms with Gasteiger partial charge in [0, 0.05) is 6.04 Å². The fraction of sp³-hybridized carbons (Fsp3) is 0.368. The van der Waals surface area contributed by atoms with E-state index >= 15 is 0 Å². The number of benzene rings is 2. The van der Waals surface area contributed by atoms with E-state index in [0.717, 1.165) is 17.5 Å². The lowest BCUT2D eigenvalue weighted by atomic mass is 10.0. The molecule has 0 aliphatic carbocycles. The van der Waals surface area contributed by atoms with Crippen LogP contribution in [0.2, 0.25) is 0 Å². The maximum Gasteiger partial charge on any atom is 0.238 e. The zero-order chi connectivity index (χ0) is 21.5. The van der Waals surface area contributed by atoms with Crippen LogP contribution in [0, 0.1) is 5.92 Å². The van der Waals surface area contributed by atoms with Gasteiger partial charge in [0.15, 0.2) is 0 Å². The summed E-state index contributed by atoms with van der Waals surface area (Å²) in [7, 11) is -7.16. The summed E-state index contributed by atoms with van der Waals surface area (Å²) in [5.74, 6) is 0.505. The molecule has 0 spiro atoms. The van der Waals surface area contributed by atoms with Gasteiger partial charge in [0.05, 0.1) is 9.79 Å². The van der Waals surface area contributed by atoms with Crippen molar-refractivity contribution in [3.63, 3.8) is 0 Å². The molecule has 6 N–H and O–H groups in total. The zero-order valence-corrected chi connectivity index (χ0v) is 18.0. The van der Waals surface area contributed by atoms with E-state index in [1.165, 1.54) is 12.1 Å². The molecule has 2 aromatic carbocycles. The molecule has 0 aliphatic heterocycles. The quantitative estimate of drug-likeness (QED) is 0.643. The lowest BCUT2D eigenvalue weighted by Crippen LogP contribution is -2.18. The minimum Gasteiger partial charge on any atom is -0.328 e. The Morgan fingerprint density at radius 3 is 1.46 bits per heavy atom. The third kappa shape index (κ3) is 8.94. The molecule has 0 aromatic heterocycles. The Kier molecular flexibility index (Phi) is 8.77. The molecule has 2 aromatic rings. The van der Waals surface area contributed by atoms with Crippen molar-refractivity contribution in [1.29, 1.82) is 0 Å². The Hall–Kier alpha value is -1.78. The van der Waals surface area contributed by atoms with Crippen LogP contribution in [0.25, 0.3) is 0 Å². The molecule has 0 bridgehead atoms. The predicted octanol–water partition coefficient (Wildman–Crippen LogP) is 1.76. The second kappa shape index (κ2) is 10.1. The number of hydrogen-bond donors (Lipinski definition) is 3. The Morgan fingerprint density at radius 2 is 1.14 bits per heavy atom. The first-order chi connectivity index (χ1) is 12.8. The van der Waals surface area contributed by atoms with Gasteiger partial charge in [-0.25, -0.2) is 27.1 Å². The highest BCUT2D eigenvalue weighted by molar-refractivity contribution is 7.89. The van der Waals surface area contributed by atoms with Crippen LogP contribution in [0.1, 0.15) is 31.9 Å². The number of sulfonamides is 2. The average molecular weight is 428 g/mol. The average Bonchev–Trinajstić information content (AvgIpc) is 2.53. The van der Waals surface area contributed by atoms with E-state index in [2.05, 4.69) is 13.8 Å². The molecule has 0 unspecified atom stereocenters. The summed E-state index contributed by atoms with van der Waals surface area (Å²) in [6, 6.07) is 13.3. The van der Waals surface area contributed by atoms with E-state index in [0.29, 0.717) is 12.3 Å². The van der Waals surface area contributed by atoms with Crippen molar-refractivity contribution in [2.45, 2.75) is 49.4 Å². The maximum atomic E-state index is 11.0. The van der Waals surface area contributed by atoms with Crippen molar-refractivity contribution < 1.29 is 16.8 Å². The van der Waals surface area contributed by atoms with Gasteiger partial charge in [-0.15, -0.1) is 0 Å². The van der Waals surface area contributed by atoms with Crippen LogP contribution < -0.4 is 16.0 Å². The highest BCUT2D eigenvalue weighted by Gasteiger charge is 2.09. The SMILES string of the molecule is CC(C)Cc1cccc(S(N)(=O)=O)c1.C[C@H](N)Cc1cccc(S(N)(=O)=O)c1. The van der Waals surface area contributed by atoms with Crippen molar-refractivity contribution in [1.82, 2.24) is 0 Å². The topological polar surface area (TPSA) is 146 Å². The Bertz CT molecular complexity index is 904. The van der Waals surface area contributed by atoms with Gasteiger partial charge in [-0.2, -0.15) is 0 Å². The lowest BCUT2D eigenvalue weighted by Gasteiger charge is -2.06. The van der Waals surface area contributed by atoms with Gasteiger partial charge in [0.25, 0.3) is 0 Å². The number of hydrogen-bond acceptors (Lipinski definition) is 5. The minimum atomic E-state index is -3.60. The molecule has 0 amide bonds. The smallest absolute Gasteiger partial charge is 0.238 e. The molecule has 7 nitrogen and oxygen atoms in total. The molecule has 0 aliphatic rings. The first-order valence-electron chi connectivity index (χ1n) is 8.78. The molecule has 9 heteroatoms. The molecule has 0 saturated carbocycles. The molecule has 0 radical (unpaired) electrons. The lowest BCUT2D eigenvalue weighted by molar-refractivity contribution is 0.595. The van der Waals surface area contributed by atoms with Crippen LogP contribution in [0.4, 0.5) is 0 Å². The molecule has 156 valence electrons. The molecule has 1 atom stereocenters. The largest absolute Gasteiger partial charge is 0.328 e. The molecular formula is C19H29N3O4S2. The molecule has 28 heavy (non-hydrogen) atoms. The zero-order valence-electron chi connectivity index (χ0n) is 16.4. The molecule has 0 heterocycles. The summed E-state index contributed by atoms with van der Waals surface area (Å²) in [5.41, 5.74) is 7.49. The second-order valence-electron chi connectivity index (χ2n) is 7.16. The number of primary sulfonamides is 2. The maximum absolute atomic E-state index is 11.0. The van der Waals surface area contributed by atoms with Crippen LogP contribution in [0.3, 0.4) is 0 Å². The molecule has 0 saturated heterocycles. The summed E-state index contributed by atoms with van der Waals surface area (Å²) in [4.78, 5) is 0.325. The summed E-state index contributed by atoms with van der Waals surface area (Å²) in [6.07, 6.45) is 1.51. The van der Waals surface area contributed by atoms with Crippen molar-refractivity contribution >= 4 is 20.0 Å². The summed E-state index contributed by atoms with van der Waals surface area (Å²) in [6.45, 7) is 6.04. The van der Waals surface area contributed by atoms with Gasteiger partial charge >= 0.3 is 0 Å². The third-order valence-electron chi connectivity index (χ3n) is 3.66. The Morgan fingerprint density at radius 1 is 0.750 bits per heavy atom. The summed E-state index contributed by atoms with van der Waals surface area (Å²) in [5, 5.41) is 10.0. The van der Waals surface area contributed by atoms with Gasteiger partial charge in [0.1, 0.15) is 0 Å². The first-order valence-corrected chi connectivity index (χ1v) is 11.9. The molecule has 2 rings (SSSR count). The van der Waals surface area contributed by atoms with Gasteiger partial charge in [0.2, 0.25) is 20.0 Å². The van der Waals surface area contributed by atoms with E-state index in [1.54, 1.807) is 24.3 Å². The normalized spacial score (nSPS) is 13.0. The van der Waals surface area contributed by atoms with E-state index in [4.69, 9.17) is 16.0 Å². The van der Waals surface area contributed by atoms with E-state index in [1.807, 2.05) is 19.1 Å². The Labute approximate surface area is 168 Å². The van der Waals surface area contributed by atoms with Crippen molar-refractivity contribution in [3.05, 3.63) is 59.7 Å². The van der Waals surface area contributed by atoms with Crippen LogP contribution in [-0.4, -0.2) is 22.9 Å². The van der Waals surface area contributed by atoms with Crippen molar-refractivity contribution in [2.75, 3.05) is 0 Å². The number of nitrogens with two attached hydrogens (primary N) is 3. The van der Waals surface area contributed by atoms with E-state index in [9.17, 15) is 16.8 Å². The summed E-state index contributed by atoms with van der Waals surface area (Å²) < 4.78 is 44.1. The van der Waals surface area contributed by atoms with Gasteiger partial charge in [-0.3, -0.25) is 0 Å². The molecular weight excluding hydrogens is 398 g/mol. The summed E-state index contributed by atoms with van der Waals surface area (Å²) >= 11 is 0. The van der Waals surface area contributed by atoms with Gasteiger partial charge in [-0.05, 0) is 61.1 Å². The number of rotatable bonds is 6. The fourth-order valence-corrected chi connectivity index (χ4v) is 3.71. The fourth-order valence-electron chi connectivity index (χ4n) is 2.54. The van der Waals surface area contributed by atoms with E-state index in [-0.39, 0.29) is 15.8 Å². The monoisotopic (exact) mass is 427 g/mol. The van der Waals surface area contributed by atoms with E-state index < -0.39 is 20.0 Å². The Balaban J connectivity index is 0.000000280.